The summed E-state index contributed by atoms with van der Waals surface area (Å²) < 4.78 is 25.3. The number of sulfone groups is 1. The minimum Gasteiger partial charge on any atom is -0.330 e. The smallest absolute Gasteiger partial charge is 0.178 e. The van der Waals surface area contributed by atoms with Crippen LogP contribution in [0.3, 0.4) is 0 Å². The maximum Gasteiger partial charge on any atom is 0.178 e. The van der Waals surface area contributed by atoms with Gasteiger partial charge in [0.05, 0.1) is 10.6 Å². The zero-order valence-electron chi connectivity index (χ0n) is 9.52. The number of rotatable bonds is 5. The van der Waals surface area contributed by atoms with Gasteiger partial charge in [0.2, 0.25) is 0 Å². The van der Waals surface area contributed by atoms with Crippen LogP contribution in [0.25, 0.3) is 0 Å². The Kier molecular flexibility index (Phi) is 3.61. The normalized spacial score (nSPS) is 18.0. The first kappa shape index (κ1) is 13.1. The van der Waals surface area contributed by atoms with Crippen molar-refractivity contribution < 1.29 is 8.42 Å². The zero-order chi connectivity index (χ0) is 12.5. The highest BCUT2D eigenvalue weighted by Gasteiger charge is 2.45. The Morgan fingerprint density at radius 3 is 2.29 bits per heavy atom. The van der Waals surface area contributed by atoms with E-state index >= 15 is 0 Å². The van der Waals surface area contributed by atoms with Crippen LogP contribution >= 0.6 is 15.9 Å². The van der Waals surface area contributed by atoms with Crippen LogP contribution in [0.5, 0.6) is 0 Å². The average molecular weight is 318 g/mol. The lowest BCUT2D eigenvalue weighted by Crippen LogP contribution is -2.20. The van der Waals surface area contributed by atoms with Gasteiger partial charge < -0.3 is 5.73 Å². The molecule has 1 aliphatic carbocycles. The molecule has 94 valence electrons. The Hall–Kier alpha value is -0.390. The number of hydrogen-bond donors (Lipinski definition) is 1. The molecule has 1 saturated carbocycles. The number of hydrogen-bond acceptors (Lipinski definition) is 3. The average Bonchev–Trinajstić information content (AvgIpc) is 2.98. The molecule has 5 heteroatoms. The molecular weight excluding hydrogens is 302 g/mol. The van der Waals surface area contributed by atoms with Gasteiger partial charge in [0.1, 0.15) is 0 Å². The minimum absolute atomic E-state index is 0.0410. The molecule has 1 aromatic rings. The molecule has 1 aromatic carbocycles. The first-order valence-electron chi connectivity index (χ1n) is 5.66. The maximum absolute atomic E-state index is 12.2. The van der Waals surface area contributed by atoms with E-state index in [4.69, 9.17) is 5.73 Å². The summed E-state index contributed by atoms with van der Waals surface area (Å²) >= 11 is 3.30. The van der Waals surface area contributed by atoms with Crippen LogP contribution in [0.1, 0.15) is 19.3 Å². The first-order valence-corrected chi connectivity index (χ1v) is 8.10. The summed E-state index contributed by atoms with van der Waals surface area (Å²) in [6, 6.07) is 6.82. The molecule has 0 bridgehead atoms. The Balaban J connectivity index is 2.17. The fourth-order valence-electron chi connectivity index (χ4n) is 2.08. The molecule has 0 aliphatic heterocycles. The number of benzene rings is 1. The Morgan fingerprint density at radius 2 is 1.82 bits per heavy atom. The lowest BCUT2D eigenvalue weighted by Gasteiger charge is -2.14. The van der Waals surface area contributed by atoms with Crippen molar-refractivity contribution in [3.8, 4) is 0 Å². The van der Waals surface area contributed by atoms with Gasteiger partial charge >= 0.3 is 0 Å². The van der Waals surface area contributed by atoms with E-state index in [9.17, 15) is 8.42 Å². The van der Waals surface area contributed by atoms with Crippen LogP contribution in [0.15, 0.2) is 33.6 Å². The molecule has 1 fully saturated rings. The number of nitrogens with two attached hydrogens (primary N) is 1. The van der Waals surface area contributed by atoms with Crippen molar-refractivity contribution in [3.63, 3.8) is 0 Å². The molecule has 0 aromatic heterocycles. The van der Waals surface area contributed by atoms with Crippen LogP contribution in [-0.4, -0.2) is 20.7 Å². The molecule has 0 radical (unpaired) electrons. The maximum atomic E-state index is 12.2. The van der Waals surface area contributed by atoms with Crippen molar-refractivity contribution in [2.45, 2.75) is 24.2 Å². The monoisotopic (exact) mass is 317 g/mol. The van der Waals surface area contributed by atoms with Gasteiger partial charge in [0.15, 0.2) is 9.84 Å². The summed E-state index contributed by atoms with van der Waals surface area (Å²) in [4.78, 5) is 0.406. The largest absolute Gasteiger partial charge is 0.330 e. The van der Waals surface area contributed by atoms with Crippen molar-refractivity contribution in [1.82, 2.24) is 0 Å². The molecule has 17 heavy (non-hydrogen) atoms. The number of halogens is 1. The quantitative estimate of drug-likeness (QED) is 0.906. The molecular formula is C12H16BrNO2S. The van der Waals surface area contributed by atoms with E-state index in [0.29, 0.717) is 11.4 Å². The van der Waals surface area contributed by atoms with Gasteiger partial charge in [-0.15, -0.1) is 0 Å². The molecule has 2 rings (SSSR count). The molecule has 0 spiro atoms. The summed E-state index contributed by atoms with van der Waals surface area (Å²) in [6.07, 6.45) is 2.78. The highest BCUT2D eigenvalue weighted by Crippen LogP contribution is 2.50. The fraction of sp³-hybridized carbons (Fsp3) is 0.500. The van der Waals surface area contributed by atoms with E-state index in [1.165, 1.54) is 0 Å². The molecule has 1 aliphatic rings. The van der Waals surface area contributed by atoms with Crippen molar-refractivity contribution in [2.75, 3.05) is 12.3 Å². The van der Waals surface area contributed by atoms with E-state index in [2.05, 4.69) is 15.9 Å². The van der Waals surface area contributed by atoms with Crippen molar-refractivity contribution >= 4 is 25.8 Å². The van der Waals surface area contributed by atoms with Crippen molar-refractivity contribution in [3.05, 3.63) is 28.7 Å². The second kappa shape index (κ2) is 4.71. The van der Waals surface area contributed by atoms with Crippen LogP contribution in [0.2, 0.25) is 0 Å². The summed E-state index contributed by atoms with van der Waals surface area (Å²) in [5.74, 6) is 0.235. The molecule has 0 unspecified atom stereocenters. The van der Waals surface area contributed by atoms with Crippen molar-refractivity contribution in [1.29, 1.82) is 0 Å². The molecule has 0 heterocycles. The van der Waals surface area contributed by atoms with Crippen LogP contribution < -0.4 is 5.73 Å². The van der Waals surface area contributed by atoms with E-state index in [0.717, 1.165) is 23.7 Å². The van der Waals surface area contributed by atoms with Gasteiger partial charge in [-0.05, 0) is 55.5 Å². The van der Waals surface area contributed by atoms with E-state index < -0.39 is 9.84 Å². The SMILES string of the molecule is NCCC1(CS(=O)(=O)c2ccc(Br)cc2)CC1. The van der Waals surface area contributed by atoms with E-state index in [-0.39, 0.29) is 11.2 Å². The van der Waals surface area contributed by atoms with Crippen LogP contribution in [-0.2, 0) is 9.84 Å². The predicted octanol–water partition coefficient (Wildman–Crippen LogP) is 2.35. The van der Waals surface area contributed by atoms with Gasteiger partial charge in [0.25, 0.3) is 0 Å². The van der Waals surface area contributed by atoms with Gasteiger partial charge in [-0.2, -0.15) is 0 Å². The third kappa shape index (κ3) is 3.09. The van der Waals surface area contributed by atoms with Gasteiger partial charge in [-0.1, -0.05) is 15.9 Å². The van der Waals surface area contributed by atoms with Gasteiger partial charge in [-0.3, -0.25) is 0 Å². The highest BCUT2D eigenvalue weighted by molar-refractivity contribution is 9.10. The third-order valence-electron chi connectivity index (χ3n) is 3.30. The van der Waals surface area contributed by atoms with E-state index in [1.807, 2.05) is 0 Å². The van der Waals surface area contributed by atoms with Gasteiger partial charge in [-0.25, -0.2) is 8.42 Å². The Bertz CT molecular complexity index is 492. The lowest BCUT2D eigenvalue weighted by molar-refractivity contribution is 0.510. The molecule has 0 saturated heterocycles. The Morgan fingerprint density at radius 1 is 1.24 bits per heavy atom. The first-order chi connectivity index (χ1) is 7.97. The zero-order valence-corrected chi connectivity index (χ0v) is 11.9. The van der Waals surface area contributed by atoms with Crippen LogP contribution in [0.4, 0.5) is 0 Å². The summed E-state index contributed by atoms with van der Waals surface area (Å²) in [5, 5.41) is 0. The molecule has 0 amide bonds. The molecule has 2 N–H and O–H groups in total. The standard InChI is InChI=1S/C12H16BrNO2S/c13-10-1-3-11(4-2-10)17(15,16)9-12(5-6-12)7-8-14/h1-4H,5-9,14H2. The van der Waals surface area contributed by atoms with Crippen molar-refractivity contribution in [2.24, 2.45) is 11.1 Å². The molecule has 3 nitrogen and oxygen atoms in total. The fourth-order valence-corrected chi connectivity index (χ4v) is 4.30. The summed E-state index contributed by atoms with van der Waals surface area (Å²) in [5.41, 5.74) is 5.49. The summed E-state index contributed by atoms with van der Waals surface area (Å²) in [7, 11) is -3.17. The minimum atomic E-state index is -3.17. The second-order valence-corrected chi connectivity index (χ2v) is 7.66. The topological polar surface area (TPSA) is 60.2 Å². The van der Waals surface area contributed by atoms with Crippen LogP contribution in [0, 0.1) is 5.41 Å². The summed E-state index contributed by atoms with van der Waals surface area (Å²) in [6.45, 7) is 0.565. The lowest BCUT2D eigenvalue weighted by atomic mass is 10.1. The molecule has 0 atom stereocenters. The predicted molar refractivity (Wildman–Crippen MR) is 71.5 cm³/mol. The van der Waals surface area contributed by atoms with E-state index in [1.54, 1.807) is 24.3 Å². The third-order valence-corrected chi connectivity index (χ3v) is 5.81. The van der Waals surface area contributed by atoms with Gasteiger partial charge in [0, 0.05) is 4.47 Å². The second-order valence-electron chi connectivity index (χ2n) is 4.75. The highest BCUT2D eigenvalue weighted by atomic mass is 79.9. The Labute approximate surface area is 110 Å².